The molecule has 0 spiro atoms. The number of alkyl halides is 6. The molecule has 0 fully saturated rings. The average Bonchev–Trinajstić information content (AvgIpc) is 2.96. The second-order valence-corrected chi connectivity index (χ2v) is 6.91. The lowest BCUT2D eigenvalue weighted by Crippen LogP contribution is -2.18. The van der Waals surface area contributed by atoms with Crippen LogP contribution in [-0.4, -0.2) is 22.1 Å². The van der Waals surface area contributed by atoms with Crippen LogP contribution in [0.1, 0.15) is 0 Å². The number of rotatable bonds is 3. The van der Waals surface area contributed by atoms with Gasteiger partial charge in [-0.3, -0.25) is 0 Å². The van der Waals surface area contributed by atoms with E-state index in [9.17, 15) is 26.3 Å². The SMILES string of the molecule is FC(F)(F)Cn1c(-c2ccc3cccc(Cl)c3n2)cc2cc(OC(F)(F)F)ccc21. The topological polar surface area (TPSA) is 27.1 Å². The zero-order chi connectivity index (χ0) is 21.7. The van der Waals surface area contributed by atoms with E-state index >= 15 is 0 Å². The van der Waals surface area contributed by atoms with Gasteiger partial charge in [0.15, 0.2) is 0 Å². The summed E-state index contributed by atoms with van der Waals surface area (Å²) < 4.78 is 82.0. The predicted molar refractivity (Wildman–Crippen MR) is 100 cm³/mol. The van der Waals surface area contributed by atoms with Crippen molar-refractivity contribution in [2.75, 3.05) is 0 Å². The lowest BCUT2D eigenvalue weighted by Gasteiger charge is -2.14. The first-order chi connectivity index (χ1) is 14.0. The molecular weight excluding hydrogens is 434 g/mol. The van der Waals surface area contributed by atoms with Crippen molar-refractivity contribution >= 4 is 33.4 Å². The first kappa shape index (κ1) is 20.3. The Labute approximate surface area is 170 Å². The fraction of sp³-hybridized carbons (Fsp3) is 0.150. The molecule has 0 aliphatic carbocycles. The third kappa shape index (κ3) is 4.16. The Bertz CT molecular complexity index is 1250. The van der Waals surface area contributed by atoms with Gasteiger partial charge in [-0.25, -0.2) is 4.98 Å². The van der Waals surface area contributed by atoms with Crippen molar-refractivity contribution in [2.24, 2.45) is 0 Å². The van der Waals surface area contributed by atoms with Crippen LogP contribution in [-0.2, 0) is 6.54 Å². The molecule has 156 valence electrons. The lowest BCUT2D eigenvalue weighted by atomic mass is 10.1. The molecule has 30 heavy (non-hydrogen) atoms. The van der Waals surface area contributed by atoms with Crippen molar-refractivity contribution in [2.45, 2.75) is 19.1 Å². The normalized spacial score (nSPS) is 12.6. The van der Waals surface area contributed by atoms with Gasteiger partial charge in [-0.2, -0.15) is 13.2 Å². The van der Waals surface area contributed by atoms with Gasteiger partial charge in [0.1, 0.15) is 12.3 Å². The Morgan fingerprint density at radius 1 is 0.900 bits per heavy atom. The molecule has 2 aromatic carbocycles. The van der Waals surface area contributed by atoms with Gasteiger partial charge in [0.25, 0.3) is 0 Å². The molecule has 0 bridgehead atoms. The van der Waals surface area contributed by atoms with Crippen LogP contribution in [0.25, 0.3) is 33.2 Å². The Kier molecular flexibility index (Phi) is 4.80. The van der Waals surface area contributed by atoms with Gasteiger partial charge in [-0.05, 0) is 36.4 Å². The largest absolute Gasteiger partial charge is 0.573 e. The van der Waals surface area contributed by atoms with Crippen molar-refractivity contribution in [1.82, 2.24) is 9.55 Å². The third-order valence-corrected chi connectivity index (χ3v) is 4.68. The van der Waals surface area contributed by atoms with E-state index in [0.29, 0.717) is 15.9 Å². The fourth-order valence-electron chi connectivity index (χ4n) is 3.26. The summed E-state index contributed by atoms with van der Waals surface area (Å²) in [6.45, 7) is -1.34. The number of aromatic nitrogens is 2. The zero-order valence-corrected chi connectivity index (χ0v) is 15.6. The monoisotopic (exact) mass is 444 g/mol. The molecule has 0 radical (unpaired) electrons. The maximum Gasteiger partial charge on any atom is 0.573 e. The Morgan fingerprint density at radius 2 is 1.67 bits per heavy atom. The summed E-state index contributed by atoms with van der Waals surface area (Å²) in [5.41, 5.74) is 0.794. The summed E-state index contributed by atoms with van der Waals surface area (Å²) in [5.74, 6) is -0.528. The first-order valence-electron chi connectivity index (χ1n) is 8.52. The molecule has 0 amide bonds. The summed E-state index contributed by atoms with van der Waals surface area (Å²) in [4.78, 5) is 4.38. The van der Waals surface area contributed by atoms with E-state index in [1.54, 1.807) is 24.3 Å². The van der Waals surface area contributed by atoms with Crippen LogP contribution in [0.3, 0.4) is 0 Å². The van der Waals surface area contributed by atoms with E-state index in [2.05, 4.69) is 9.72 Å². The third-order valence-electron chi connectivity index (χ3n) is 4.38. The molecule has 2 heterocycles. The smallest absolute Gasteiger partial charge is 0.406 e. The summed E-state index contributed by atoms with van der Waals surface area (Å²) in [6, 6.07) is 12.8. The molecule has 0 aliphatic rings. The van der Waals surface area contributed by atoms with Crippen LogP contribution >= 0.6 is 11.6 Å². The molecule has 4 rings (SSSR count). The number of benzene rings is 2. The molecule has 4 aromatic rings. The maximum atomic E-state index is 13.2. The van der Waals surface area contributed by atoms with E-state index in [0.717, 1.165) is 22.8 Å². The van der Waals surface area contributed by atoms with Crippen LogP contribution in [0.5, 0.6) is 5.75 Å². The minimum atomic E-state index is -4.91. The second kappa shape index (κ2) is 7.09. The van der Waals surface area contributed by atoms with Crippen molar-refractivity contribution in [1.29, 1.82) is 0 Å². The van der Waals surface area contributed by atoms with Crippen LogP contribution in [0.4, 0.5) is 26.3 Å². The van der Waals surface area contributed by atoms with E-state index in [4.69, 9.17) is 11.6 Å². The Hall–Kier alpha value is -2.94. The molecule has 10 heteroatoms. The predicted octanol–water partition coefficient (Wildman–Crippen LogP) is 6.97. The number of para-hydroxylation sites is 1. The van der Waals surface area contributed by atoms with Crippen molar-refractivity contribution in [3.05, 3.63) is 59.6 Å². The molecule has 0 saturated heterocycles. The van der Waals surface area contributed by atoms with E-state index < -0.39 is 24.8 Å². The number of fused-ring (bicyclic) bond motifs is 2. The van der Waals surface area contributed by atoms with Crippen molar-refractivity contribution < 1.29 is 31.1 Å². The Balaban J connectivity index is 1.91. The number of nitrogens with zero attached hydrogens (tertiary/aromatic N) is 2. The summed E-state index contributed by atoms with van der Waals surface area (Å²) in [6.07, 6.45) is -9.47. The van der Waals surface area contributed by atoms with Crippen LogP contribution in [0, 0.1) is 0 Å². The highest BCUT2D eigenvalue weighted by atomic mass is 35.5. The quantitative estimate of drug-likeness (QED) is 0.319. The molecule has 3 nitrogen and oxygen atoms in total. The van der Waals surface area contributed by atoms with Gasteiger partial charge in [0.2, 0.25) is 0 Å². The molecule has 0 N–H and O–H groups in total. The van der Waals surface area contributed by atoms with Gasteiger partial charge in [-0.1, -0.05) is 29.8 Å². The lowest BCUT2D eigenvalue weighted by molar-refractivity contribution is -0.274. The summed E-state index contributed by atoms with van der Waals surface area (Å²) in [7, 11) is 0. The number of halogens is 7. The highest BCUT2D eigenvalue weighted by molar-refractivity contribution is 6.35. The number of hydrogen-bond donors (Lipinski definition) is 0. The number of hydrogen-bond acceptors (Lipinski definition) is 2. The van der Waals surface area contributed by atoms with Crippen LogP contribution < -0.4 is 4.74 Å². The fourth-order valence-corrected chi connectivity index (χ4v) is 3.49. The van der Waals surface area contributed by atoms with Crippen LogP contribution in [0.15, 0.2) is 54.6 Å². The molecule has 0 aliphatic heterocycles. The molecule has 2 aromatic heterocycles. The average molecular weight is 445 g/mol. The molecule has 0 unspecified atom stereocenters. The van der Waals surface area contributed by atoms with E-state index in [1.165, 1.54) is 12.1 Å². The number of ether oxygens (including phenoxy) is 1. The minimum Gasteiger partial charge on any atom is -0.406 e. The molecule has 0 saturated carbocycles. The highest BCUT2D eigenvalue weighted by Crippen LogP contribution is 2.35. The summed E-state index contributed by atoms with van der Waals surface area (Å²) >= 11 is 6.15. The van der Waals surface area contributed by atoms with Crippen LogP contribution in [0.2, 0.25) is 5.02 Å². The minimum absolute atomic E-state index is 0.0910. The van der Waals surface area contributed by atoms with E-state index in [1.807, 2.05) is 0 Å². The number of pyridine rings is 1. The Morgan fingerprint density at radius 3 is 2.37 bits per heavy atom. The van der Waals surface area contributed by atoms with Gasteiger partial charge >= 0.3 is 12.5 Å². The van der Waals surface area contributed by atoms with Gasteiger partial charge in [0, 0.05) is 16.3 Å². The summed E-state index contributed by atoms with van der Waals surface area (Å²) in [5, 5.41) is 1.18. The van der Waals surface area contributed by atoms with Gasteiger partial charge in [0.05, 0.1) is 21.9 Å². The maximum absolute atomic E-state index is 13.2. The van der Waals surface area contributed by atoms with E-state index in [-0.39, 0.29) is 22.3 Å². The first-order valence-corrected chi connectivity index (χ1v) is 8.89. The molecular formula is C20H11ClF6N2O. The molecule has 0 atom stereocenters. The standard InChI is InChI=1S/C20H11ClF6N2O/c21-14-3-1-2-11-4-6-15(28-18(11)14)17-9-12-8-13(30-20(25,26)27)5-7-16(12)29(17)10-19(22,23)24/h1-9H,10H2. The van der Waals surface area contributed by atoms with Gasteiger partial charge in [-0.15, -0.1) is 13.2 Å². The van der Waals surface area contributed by atoms with Gasteiger partial charge < -0.3 is 9.30 Å². The second-order valence-electron chi connectivity index (χ2n) is 6.51. The van der Waals surface area contributed by atoms with Crippen molar-refractivity contribution in [3.63, 3.8) is 0 Å². The zero-order valence-electron chi connectivity index (χ0n) is 14.9. The van der Waals surface area contributed by atoms with Crippen molar-refractivity contribution in [3.8, 4) is 17.1 Å². The highest BCUT2D eigenvalue weighted by Gasteiger charge is 2.32.